The van der Waals surface area contributed by atoms with E-state index in [0.717, 1.165) is 12.8 Å². The van der Waals surface area contributed by atoms with Crippen molar-refractivity contribution in [2.75, 3.05) is 7.11 Å². The summed E-state index contributed by atoms with van der Waals surface area (Å²) in [5.74, 6) is -0.126. The number of esters is 1. The zero-order chi connectivity index (χ0) is 7.98. The number of hydrogen-bond donors (Lipinski definition) is 0. The summed E-state index contributed by atoms with van der Waals surface area (Å²) >= 11 is 0. The smallest absolute Gasteiger partial charge is 0.308 e. The molecule has 0 bridgehead atoms. The first-order valence-electron chi connectivity index (χ1n) is 3.67. The maximum Gasteiger partial charge on any atom is 0.308 e. The molecule has 1 unspecified atom stereocenters. The van der Waals surface area contributed by atoms with Gasteiger partial charge in [-0.1, -0.05) is 20.3 Å². The van der Waals surface area contributed by atoms with Crippen LogP contribution < -0.4 is 0 Å². The third-order valence-electron chi connectivity index (χ3n) is 1.46. The van der Waals surface area contributed by atoms with Gasteiger partial charge in [0, 0.05) is 0 Å². The van der Waals surface area contributed by atoms with Crippen LogP contribution in [0, 0.1) is 12.3 Å². The van der Waals surface area contributed by atoms with E-state index in [-0.39, 0.29) is 11.9 Å². The molecule has 0 amide bonds. The molecule has 0 aromatic rings. The Morgan fingerprint density at radius 2 is 2.20 bits per heavy atom. The quantitative estimate of drug-likeness (QED) is 0.561. The van der Waals surface area contributed by atoms with Crippen molar-refractivity contribution in [1.29, 1.82) is 0 Å². The van der Waals surface area contributed by atoms with Gasteiger partial charge in [-0.15, -0.1) is 0 Å². The minimum absolute atomic E-state index is 0.00463. The van der Waals surface area contributed by atoms with Gasteiger partial charge in [-0.25, -0.2) is 0 Å². The van der Waals surface area contributed by atoms with Crippen LogP contribution in [-0.4, -0.2) is 13.1 Å². The molecule has 0 aliphatic rings. The highest BCUT2D eigenvalue weighted by atomic mass is 16.5. The molecule has 59 valence electrons. The van der Waals surface area contributed by atoms with E-state index in [1.54, 1.807) is 0 Å². The second-order valence-electron chi connectivity index (χ2n) is 2.18. The normalized spacial score (nSPS) is 12.7. The topological polar surface area (TPSA) is 26.3 Å². The predicted octanol–water partition coefficient (Wildman–Crippen LogP) is 1.80. The fourth-order valence-electron chi connectivity index (χ4n) is 0.865. The Hall–Kier alpha value is -0.530. The molecule has 0 aromatic heterocycles. The molecule has 0 spiro atoms. The van der Waals surface area contributed by atoms with Crippen LogP contribution in [0.2, 0.25) is 0 Å². The van der Waals surface area contributed by atoms with Crippen LogP contribution in [0.15, 0.2) is 0 Å². The molecule has 0 aliphatic heterocycles. The molecule has 2 heteroatoms. The van der Waals surface area contributed by atoms with Gasteiger partial charge in [-0.3, -0.25) is 4.79 Å². The summed E-state index contributed by atoms with van der Waals surface area (Å²) in [6, 6.07) is 0. The fourth-order valence-corrected chi connectivity index (χ4v) is 0.865. The lowest BCUT2D eigenvalue weighted by atomic mass is 10.0. The molecule has 0 heterocycles. The second-order valence-corrected chi connectivity index (χ2v) is 2.18. The van der Waals surface area contributed by atoms with Crippen LogP contribution in [0.5, 0.6) is 0 Å². The molecule has 1 atom stereocenters. The van der Waals surface area contributed by atoms with Gasteiger partial charge in [0.05, 0.1) is 13.0 Å². The van der Waals surface area contributed by atoms with Crippen molar-refractivity contribution in [3.63, 3.8) is 0 Å². The first-order chi connectivity index (χ1) is 4.76. The van der Waals surface area contributed by atoms with E-state index in [9.17, 15) is 4.79 Å². The molecule has 10 heavy (non-hydrogen) atoms. The van der Waals surface area contributed by atoms with Gasteiger partial charge in [0.1, 0.15) is 0 Å². The number of carbonyl (C=O) groups excluding carboxylic acids is 1. The van der Waals surface area contributed by atoms with Crippen LogP contribution in [0.25, 0.3) is 0 Å². The maximum atomic E-state index is 10.9. The Bertz CT molecular complexity index is 99.4. The SMILES string of the molecule is CC[CH]C(CC)C(=O)OC. The highest BCUT2D eigenvalue weighted by Gasteiger charge is 2.14. The molecule has 1 radical (unpaired) electrons. The molecule has 2 nitrogen and oxygen atoms in total. The van der Waals surface area contributed by atoms with Gasteiger partial charge >= 0.3 is 5.97 Å². The van der Waals surface area contributed by atoms with Gasteiger partial charge in [0.25, 0.3) is 0 Å². The molecule has 0 saturated heterocycles. The maximum absolute atomic E-state index is 10.9. The number of hydrogen-bond acceptors (Lipinski definition) is 2. The van der Waals surface area contributed by atoms with Crippen LogP contribution >= 0.6 is 0 Å². The van der Waals surface area contributed by atoms with Crippen molar-refractivity contribution in [3.8, 4) is 0 Å². The van der Waals surface area contributed by atoms with E-state index in [2.05, 4.69) is 4.74 Å². The Morgan fingerprint density at radius 1 is 1.60 bits per heavy atom. The van der Waals surface area contributed by atoms with E-state index in [4.69, 9.17) is 0 Å². The summed E-state index contributed by atoms with van der Waals surface area (Å²) in [5, 5.41) is 0. The van der Waals surface area contributed by atoms with Crippen LogP contribution in [0.3, 0.4) is 0 Å². The largest absolute Gasteiger partial charge is 0.469 e. The Morgan fingerprint density at radius 3 is 2.50 bits per heavy atom. The van der Waals surface area contributed by atoms with Crippen molar-refractivity contribution >= 4 is 5.97 Å². The average Bonchev–Trinajstić information content (AvgIpc) is 1.99. The first-order valence-corrected chi connectivity index (χ1v) is 3.67. The number of carbonyl (C=O) groups is 1. The molecule has 0 aliphatic carbocycles. The van der Waals surface area contributed by atoms with E-state index >= 15 is 0 Å². The standard InChI is InChI=1S/C8H15O2/c1-4-6-7(5-2)8(9)10-3/h6-7H,4-5H2,1-3H3. The summed E-state index contributed by atoms with van der Waals surface area (Å²) in [6.45, 7) is 4.00. The fraction of sp³-hybridized carbons (Fsp3) is 0.750. The van der Waals surface area contributed by atoms with Crippen molar-refractivity contribution in [3.05, 3.63) is 6.42 Å². The zero-order valence-corrected chi connectivity index (χ0v) is 6.89. The third-order valence-corrected chi connectivity index (χ3v) is 1.46. The second kappa shape index (κ2) is 5.27. The summed E-state index contributed by atoms with van der Waals surface area (Å²) < 4.78 is 4.59. The predicted molar refractivity (Wildman–Crippen MR) is 40.4 cm³/mol. The van der Waals surface area contributed by atoms with Crippen LogP contribution in [0.4, 0.5) is 0 Å². The Labute approximate surface area is 62.6 Å². The van der Waals surface area contributed by atoms with Crippen molar-refractivity contribution in [2.24, 2.45) is 5.92 Å². The van der Waals surface area contributed by atoms with Crippen LogP contribution in [0.1, 0.15) is 26.7 Å². The van der Waals surface area contributed by atoms with Crippen LogP contribution in [-0.2, 0) is 9.53 Å². The average molecular weight is 143 g/mol. The highest BCUT2D eigenvalue weighted by molar-refractivity contribution is 5.73. The molecular weight excluding hydrogens is 128 g/mol. The Balaban J connectivity index is 3.68. The molecule has 0 aromatic carbocycles. The summed E-state index contributed by atoms with van der Waals surface area (Å²) in [6.07, 6.45) is 3.74. The summed E-state index contributed by atoms with van der Waals surface area (Å²) in [4.78, 5) is 10.9. The van der Waals surface area contributed by atoms with E-state index in [1.165, 1.54) is 7.11 Å². The lowest BCUT2D eigenvalue weighted by molar-refractivity contribution is -0.144. The minimum Gasteiger partial charge on any atom is -0.469 e. The molecular formula is C8H15O2. The van der Waals surface area contributed by atoms with Gasteiger partial charge in [-0.05, 0) is 12.8 Å². The van der Waals surface area contributed by atoms with E-state index in [0.29, 0.717) is 0 Å². The minimum atomic E-state index is -0.121. The van der Waals surface area contributed by atoms with Gasteiger partial charge < -0.3 is 4.74 Å². The van der Waals surface area contributed by atoms with Gasteiger partial charge in [-0.2, -0.15) is 0 Å². The van der Waals surface area contributed by atoms with Crippen molar-refractivity contribution in [2.45, 2.75) is 26.7 Å². The van der Waals surface area contributed by atoms with Crippen molar-refractivity contribution < 1.29 is 9.53 Å². The molecule has 0 fully saturated rings. The third kappa shape index (κ3) is 2.85. The summed E-state index contributed by atoms with van der Waals surface area (Å²) in [7, 11) is 1.43. The van der Waals surface area contributed by atoms with Gasteiger partial charge in [0.2, 0.25) is 0 Å². The molecule has 0 N–H and O–H groups in total. The monoisotopic (exact) mass is 143 g/mol. The zero-order valence-electron chi connectivity index (χ0n) is 6.89. The van der Waals surface area contributed by atoms with Crippen molar-refractivity contribution in [1.82, 2.24) is 0 Å². The summed E-state index contributed by atoms with van der Waals surface area (Å²) in [5.41, 5.74) is 0. The number of methoxy groups -OCH3 is 1. The highest BCUT2D eigenvalue weighted by Crippen LogP contribution is 2.10. The first kappa shape index (κ1) is 9.47. The lowest BCUT2D eigenvalue weighted by Gasteiger charge is -2.09. The van der Waals surface area contributed by atoms with Gasteiger partial charge in [0.15, 0.2) is 0 Å². The Kier molecular flexibility index (Phi) is 4.99. The van der Waals surface area contributed by atoms with E-state index in [1.807, 2.05) is 20.3 Å². The number of ether oxygens (including phenoxy) is 1. The lowest BCUT2D eigenvalue weighted by Crippen LogP contribution is -2.15. The van der Waals surface area contributed by atoms with E-state index < -0.39 is 0 Å². The number of rotatable bonds is 4. The molecule has 0 saturated carbocycles. The molecule has 0 rings (SSSR count).